The normalized spacial score (nSPS) is 11.8. The molecule has 8 nitrogen and oxygen atoms in total. The lowest BCUT2D eigenvalue weighted by molar-refractivity contribution is -0.146. The first-order valence-electron chi connectivity index (χ1n) is 8.59. The molecular weight excluding hydrogens is 422 g/mol. The number of alkyl halides is 2. The van der Waals surface area contributed by atoms with E-state index < -0.39 is 36.7 Å². The number of amides is 2. The lowest BCUT2D eigenvalue weighted by atomic mass is 10.2. The van der Waals surface area contributed by atoms with Crippen molar-refractivity contribution in [1.82, 2.24) is 5.32 Å². The van der Waals surface area contributed by atoms with Crippen molar-refractivity contribution in [1.29, 1.82) is 0 Å². The van der Waals surface area contributed by atoms with Crippen molar-refractivity contribution < 1.29 is 37.4 Å². The number of anilines is 1. The first kappa shape index (κ1) is 21.4. The van der Waals surface area contributed by atoms with Gasteiger partial charge in [0.2, 0.25) is 6.79 Å². The average molecular weight is 438 g/mol. The molecule has 30 heavy (non-hydrogen) atoms. The van der Waals surface area contributed by atoms with E-state index in [0.29, 0.717) is 33.8 Å². The molecule has 1 aliphatic rings. The lowest BCUT2D eigenvalue weighted by Crippen LogP contribution is -2.32. The third kappa shape index (κ3) is 6.08. The number of benzene rings is 2. The number of thioether (sulfide) groups is 1. The molecule has 0 aliphatic carbocycles. The first-order valence-corrected chi connectivity index (χ1v) is 9.47. The molecule has 0 saturated carbocycles. The Hall–Kier alpha value is -3.34. The summed E-state index contributed by atoms with van der Waals surface area (Å²) >= 11 is 0.389. The maximum Gasteiger partial charge on any atom is 0.325 e. The summed E-state index contributed by atoms with van der Waals surface area (Å²) in [5.74, 6) is -3.50. The average Bonchev–Trinajstić information content (AvgIpc) is 3.19. The van der Waals surface area contributed by atoms with Crippen LogP contribution >= 0.6 is 11.8 Å². The number of ether oxygens (including phenoxy) is 3. The number of nitrogens with one attached hydrogen (secondary N) is 2. The van der Waals surface area contributed by atoms with Gasteiger partial charge >= 0.3 is 5.97 Å². The van der Waals surface area contributed by atoms with Crippen LogP contribution in [-0.4, -0.2) is 43.5 Å². The molecule has 0 spiro atoms. The van der Waals surface area contributed by atoms with E-state index in [1.165, 1.54) is 36.4 Å². The van der Waals surface area contributed by atoms with Crippen LogP contribution < -0.4 is 20.1 Å². The molecule has 0 unspecified atom stereocenters. The summed E-state index contributed by atoms with van der Waals surface area (Å²) in [5, 5.41) is 4.85. The molecule has 1 heterocycles. The zero-order valence-electron chi connectivity index (χ0n) is 15.4. The van der Waals surface area contributed by atoms with Crippen molar-refractivity contribution in [2.75, 3.05) is 25.3 Å². The van der Waals surface area contributed by atoms with Crippen molar-refractivity contribution in [3.05, 3.63) is 48.0 Å². The number of hydrogen-bond acceptors (Lipinski definition) is 7. The minimum atomic E-state index is -2.53. The van der Waals surface area contributed by atoms with Crippen LogP contribution in [0.25, 0.3) is 0 Å². The van der Waals surface area contributed by atoms with Gasteiger partial charge in [0.05, 0.1) is 0 Å². The van der Waals surface area contributed by atoms with Crippen LogP contribution in [0.1, 0.15) is 10.4 Å². The number of carbonyl (C=O) groups excluding carboxylic acids is 3. The molecule has 2 amide bonds. The molecule has 0 atom stereocenters. The molecule has 158 valence electrons. The minimum Gasteiger partial charge on any atom is -0.454 e. The number of halogens is 2. The Morgan fingerprint density at radius 2 is 1.80 bits per heavy atom. The molecule has 0 saturated heterocycles. The highest BCUT2D eigenvalue weighted by atomic mass is 32.2. The van der Waals surface area contributed by atoms with E-state index in [-0.39, 0.29) is 12.4 Å². The zero-order valence-corrected chi connectivity index (χ0v) is 16.2. The van der Waals surface area contributed by atoms with Crippen molar-refractivity contribution in [3.63, 3.8) is 0 Å². The Kier molecular flexibility index (Phi) is 7.07. The molecule has 0 fully saturated rings. The van der Waals surface area contributed by atoms with Crippen LogP contribution in [0.3, 0.4) is 0 Å². The van der Waals surface area contributed by atoms with E-state index in [0.717, 1.165) is 0 Å². The second kappa shape index (κ2) is 9.92. The monoisotopic (exact) mass is 438 g/mol. The smallest absolute Gasteiger partial charge is 0.325 e. The quantitative estimate of drug-likeness (QED) is 0.483. The molecule has 0 bridgehead atoms. The molecule has 1 aliphatic heterocycles. The second-order valence-corrected chi connectivity index (χ2v) is 6.93. The highest BCUT2D eigenvalue weighted by Gasteiger charge is 2.17. The van der Waals surface area contributed by atoms with Crippen LogP contribution in [0.5, 0.6) is 11.5 Å². The van der Waals surface area contributed by atoms with Gasteiger partial charge in [-0.05, 0) is 42.5 Å². The number of carbonyl (C=O) groups is 3. The maximum absolute atomic E-state index is 12.3. The Morgan fingerprint density at radius 3 is 2.53 bits per heavy atom. The van der Waals surface area contributed by atoms with Gasteiger partial charge in [0.25, 0.3) is 17.6 Å². The van der Waals surface area contributed by atoms with Crippen LogP contribution in [0, 0.1) is 0 Å². The molecule has 2 aromatic rings. The third-order valence-corrected chi connectivity index (χ3v) is 4.48. The van der Waals surface area contributed by atoms with E-state index >= 15 is 0 Å². The fourth-order valence-corrected chi connectivity index (χ4v) is 2.91. The summed E-state index contributed by atoms with van der Waals surface area (Å²) in [7, 11) is 0. The van der Waals surface area contributed by atoms with Gasteiger partial charge < -0.3 is 24.8 Å². The van der Waals surface area contributed by atoms with Crippen molar-refractivity contribution in [2.45, 2.75) is 10.7 Å². The Balaban J connectivity index is 1.38. The van der Waals surface area contributed by atoms with Gasteiger partial charge in [0.15, 0.2) is 18.1 Å². The van der Waals surface area contributed by atoms with Crippen molar-refractivity contribution >= 4 is 35.2 Å². The van der Waals surface area contributed by atoms with Crippen molar-refractivity contribution in [3.8, 4) is 11.5 Å². The predicted molar refractivity (Wildman–Crippen MR) is 103 cm³/mol. The summed E-state index contributed by atoms with van der Waals surface area (Å²) in [5.41, 5.74) is 0.643. The van der Waals surface area contributed by atoms with E-state index in [1.54, 1.807) is 6.07 Å². The second-order valence-electron chi connectivity index (χ2n) is 5.86. The van der Waals surface area contributed by atoms with E-state index in [9.17, 15) is 23.2 Å². The molecule has 0 radical (unpaired) electrons. The SMILES string of the molecule is O=C(COC(=O)CNC(=O)c1ccc2c(c1)OCO2)Nc1ccc(SC(F)F)cc1. The third-order valence-electron chi connectivity index (χ3n) is 3.76. The fourth-order valence-electron chi connectivity index (χ4n) is 2.41. The summed E-state index contributed by atoms with van der Waals surface area (Å²) < 4.78 is 39.7. The molecule has 0 aromatic heterocycles. The minimum absolute atomic E-state index is 0.0770. The van der Waals surface area contributed by atoms with Crippen LogP contribution in [0.2, 0.25) is 0 Å². The number of fused-ring (bicyclic) bond motifs is 1. The van der Waals surface area contributed by atoms with Gasteiger partial charge in [-0.2, -0.15) is 8.78 Å². The van der Waals surface area contributed by atoms with Crippen LogP contribution in [0.15, 0.2) is 47.4 Å². The van der Waals surface area contributed by atoms with Gasteiger partial charge in [-0.3, -0.25) is 14.4 Å². The van der Waals surface area contributed by atoms with Gasteiger partial charge in [-0.1, -0.05) is 11.8 Å². The van der Waals surface area contributed by atoms with Gasteiger partial charge in [-0.25, -0.2) is 0 Å². The zero-order chi connectivity index (χ0) is 21.5. The summed E-state index contributed by atoms with van der Waals surface area (Å²) in [4.78, 5) is 36.0. The van der Waals surface area contributed by atoms with Gasteiger partial charge in [-0.15, -0.1) is 0 Å². The summed E-state index contributed by atoms with van der Waals surface area (Å²) in [6.45, 7) is -0.917. The fraction of sp³-hybridized carbons (Fsp3) is 0.211. The molecule has 2 aromatic carbocycles. The molecule has 3 rings (SSSR count). The number of rotatable bonds is 8. The topological polar surface area (TPSA) is 103 Å². The first-order chi connectivity index (χ1) is 14.4. The number of hydrogen-bond donors (Lipinski definition) is 2. The molecule has 2 N–H and O–H groups in total. The summed E-state index contributed by atoms with van der Waals surface area (Å²) in [6.07, 6.45) is 0. The molecular formula is C19H16F2N2O6S. The predicted octanol–water partition coefficient (Wildman–Crippen LogP) is 2.64. The number of esters is 1. The standard InChI is InChI=1S/C19H16F2N2O6S/c20-19(21)30-13-4-2-12(3-5-13)23-16(24)9-27-17(25)8-22-18(26)11-1-6-14-15(7-11)29-10-28-14/h1-7,19H,8-10H2,(H,22,26)(H,23,24). The Labute approximate surface area is 173 Å². The maximum atomic E-state index is 12.3. The Morgan fingerprint density at radius 1 is 1.07 bits per heavy atom. The highest BCUT2D eigenvalue weighted by molar-refractivity contribution is 7.99. The lowest BCUT2D eigenvalue weighted by Gasteiger charge is -2.08. The van der Waals surface area contributed by atoms with Crippen LogP contribution in [-0.2, 0) is 14.3 Å². The highest BCUT2D eigenvalue weighted by Crippen LogP contribution is 2.32. The largest absolute Gasteiger partial charge is 0.454 e. The van der Waals surface area contributed by atoms with E-state index in [4.69, 9.17) is 14.2 Å². The molecule has 11 heteroatoms. The van der Waals surface area contributed by atoms with E-state index in [1.807, 2.05) is 0 Å². The van der Waals surface area contributed by atoms with Gasteiger partial charge in [0.1, 0.15) is 6.54 Å². The van der Waals surface area contributed by atoms with Crippen LogP contribution in [0.4, 0.5) is 14.5 Å². The van der Waals surface area contributed by atoms with E-state index in [2.05, 4.69) is 10.6 Å². The summed E-state index contributed by atoms with van der Waals surface area (Å²) in [6, 6.07) is 10.4. The van der Waals surface area contributed by atoms with Gasteiger partial charge in [0, 0.05) is 16.1 Å². The van der Waals surface area contributed by atoms with Crippen molar-refractivity contribution in [2.24, 2.45) is 0 Å². The Bertz CT molecular complexity index is 939.